The van der Waals surface area contributed by atoms with Crippen molar-refractivity contribution in [2.75, 3.05) is 31.7 Å². The van der Waals surface area contributed by atoms with Crippen LogP contribution in [0, 0.1) is 0 Å². The molecule has 0 bridgehead atoms. The minimum atomic E-state index is 0.0207. The molecule has 0 aliphatic rings. The molecular formula is C14H16N6O2. The molecule has 0 saturated heterocycles. The van der Waals surface area contributed by atoms with Crippen LogP contribution < -0.4 is 5.32 Å². The van der Waals surface area contributed by atoms with E-state index in [-0.39, 0.29) is 6.61 Å². The van der Waals surface area contributed by atoms with Crippen molar-refractivity contribution >= 4 is 16.7 Å². The van der Waals surface area contributed by atoms with Gasteiger partial charge in [-0.2, -0.15) is 9.67 Å². The van der Waals surface area contributed by atoms with Gasteiger partial charge in [0.2, 0.25) is 0 Å². The van der Waals surface area contributed by atoms with Crippen LogP contribution in [-0.2, 0) is 4.74 Å². The van der Waals surface area contributed by atoms with E-state index in [1.54, 1.807) is 12.4 Å². The number of fused-ring (bicyclic) bond motifs is 1. The number of aromatic nitrogens is 5. The van der Waals surface area contributed by atoms with Crippen LogP contribution in [0.15, 0.2) is 36.7 Å². The summed E-state index contributed by atoms with van der Waals surface area (Å²) in [7, 11) is 0. The first kappa shape index (κ1) is 14.4. The number of ether oxygens (including phenoxy) is 1. The molecule has 22 heavy (non-hydrogen) atoms. The maximum absolute atomic E-state index is 8.68. The highest BCUT2D eigenvalue weighted by Crippen LogP contribution is 2.20. The van der Waals surface area contributed by atoms with Crippen LogP contribution in [0.4, 0.5) is 5.82 Å². The van der Waals surface area contributed by atoms with Gasteiger partial charge in [0, 0.05) is 11.9 Å². The maximum atomic E-state index is 8.68. The standard InChI is InChI=1S/C14H16N6O2/c21-8-10-22-9-6-15-13-11-3-1-2-4-12(11)17-14(18-13)20-7-5-16-19-20/h1-5,7,21H,6,8-10H2,(H,15,17,18). The topological polar surface area (TPSA) is 98.0 Å². The molecule has 8 nitrogen and oxygen atoms in total. The van der Waals surface area contributed by atoms with Gasteiger partial charge in [0.15, 0.2) is 0 Å². The van der Waals surface area contributed by atoms with Crippen LogP contribution in [0.3, 0.4) is 0 Å². The van der Waals surface area contributed by atoms with E-state index < -0.39 is 0 Å². The average molecular weight is 300 g/mol. The molecule has 3 aromatic rings. The fourth-order valence-electron chi connectivity index (χ4n) is 2.02. The van der Waals surface area contributed by atoms with Crippen LogP contribution in [-0.4, -0.2) is 56.4 Å². The Kier molecular flexibility index (Phi) is 4.52. The predicted molar refractivity (Wildman–Crippen MR) is 80.8 cm³/mol. The van der Waals surface area contributed by atoms with E-state index in [9.17, 15) is 0 Å². The number of nitrogens with one attached hydrogen (secondary N) is 1. The molecule has 0 unspecified atom stereocenters. The molecule has 0 spiro atoms. The summed E-state index contributed by atoms with van der Waals surface area (Å²) in [6.07, 6.45) is 3.27. The van der Waals surface area contributed by atoms with E-state index in [4.69, 9.17) is 9.84 Å². The van der Waals surface area contributed by atoms with Gasteiger partial charge in [-0.1, -0.05) is 17.3 Å². The van der Waals surface area contributed by atoms with Crippen molar-refractivity contribution in [2.45, 2.75) is 0 Å². The highest BCUT2D eigenvalue weighted by molar-refractivity contribution is 5.89. The smallest absolute Gasteiger partial charge is 0.254 e. The molecule has 114 valence electrons. The van der Waals surface area contributed by atoms with Crippen molar-refractivity contribution in [3.05, 3.63) is 36.7 Å². The second-order valence-electron chi connectivity index (χ2n) is 4.50. The van der Waals surface area contributed by atoms with Crippen molar-refractivity contribution in [2.24, 2.45) is 0 Å². The molecule has 0 aliphatic heterocycles. The lowest BCUT2D eigenvalue weighted by Crippen LogP contribution is -2.14. The summed E-state index contributed by atoms with van der Waals surface area (Å²) in [5.41, 5.74) is 0.821. The molecule has 2 aromatic heterocycles. The predicted octanol–water partition coefficient (Wildman–Crippen LogP) is 0.631. The number of benzene rings is 1. The Balaban J connectivity index is 1.86. The molecule has 8 heteroatoms. The summed E-state index contributed by atoms with van der Waals surface area (Å²) in [6.45, 7) is 1.42. The summed E-state index contributed by atoms with van der Waals surface area (Å²) >= 11 is 0. The Morgan fingerprint density at radius 3 is 2.91 bits per heavy atom. The zero-order valence-corrected chi connectivity index (χ0v) is 11.9. The lowest BCUT2D eigenvalue weighted by Gasteiger charge is -2.10. The zero-order chi connectivity index (χ0) is 15.2. The third kappa shape index (κ3) is 3.18. The number of aliphatic hydroxyl groups excluding tert-OH is 1. The van der Waals surface area contributed by atoms with Crippen LogP contribution >= 0.6 is 0 Å². The molecule has 0 atom stereocenters. The summed E-state index contributed by atoms with van der Waals surface area (Å²) in [4.78, 5) is 8.98. The SMILES string of the molecule is OCCOCCNc1nc(-n2ccnn2)nc2ccccc12. The van der Waals surface area contributed by atoms with Gasteiger partial charge in [0.05, 0.1) is 37.7 Å². The Morgan fingerprint density at radius 2 is 2.09 bits per heavy atom. The van der Waals surface area contributed by atoms with E-state index >= 15 is 0 Å². The molecule has 2 heterocycles. The second-order valence-corrected chi connectivity index (χ2v) is 4.50. The minimum absolute atomic E-state index is 0.0207. The first-order chi connectivity index (χ1) is 10.9. The van der Waals surface area contributed by atoms with Crippen LogP contribution in [0.25, 0.3) is 16.9 Å². The van der Waals surface area contributed by atoms with Crippen molar-refractivity contribution in [1.29, 1.82) is 0 Å². The van der Waals surface area contributed by atoms with Gasteiger partial charge in [0.1, 0.15) is 5.82 Å². The van der Waals surface area contributed by atoms with E-state index in [1.807, 2.05) is 24.3 Å². The highest BCUT2D eigenvalue weighted by Gasteiger charge is 2.09. The lowest BCUT2D eigenvalue weighted by molar-refractivity contribution is 0.0992. The Bertz CT molecular complexity index is 731. The molecule has 0 amide bonds. The number of para-hydroxylation sites is 1. The van der Waals surface area contributed by atoms with Gasteiger partial charge in [-0.15, -0.1) is 5.10 Å². The van der Waals surface area contributed by atoms with Crippen molar-refractivity contribution < 1.29 is 9.84 Å². The Hall–Kier alpha value is -2.58. The van der Waals surface area contributed by atoms with E-state index in [1.165, 1.54) is 4.68 Å². The third-order valence-electron chi connectivity index (χ3n) is 2.99. The van der Waals surface area contributed by atoms with Crippen LogP contribution in [0.5, 0.6) is 0 Å². The number of hydrogen-bond acceptors (Lipinski definition) is 7. The quantitative estimate of drug-likeness (QED) is 0.618. The van der Waals surface area contributed by atoms with E-state index in [0.717, 1.165) is 10.9 Å². The molecule has 0 radical (unpaired) electrons. The largest absolute Gasteiger partial charge is 0.394 e. The molecular weight excluding hydrogens is 284 g/mol. The molecule has 3 rings (SSSR count). The number of anilines is 1. The summed E-state index contributed by atoms with van der Waals surface area (Å²) < 4.78 is 6.75. The van der Waals surface area contributed by atoms with E-state index in [0.29, 0.717) is 31.5 Å². The zero-order valence-electron chi connectivity index (χ0n) is 11.9. The third-order valence-corrected chi connectivity index (χ3v) is 2.99. The highest BCUT2D eigenvalue weighted by atomic mass is 16.5. The van der Waals surface area contributed by atoms with Gasteiger partial charge >= 0.3 is 0 Å². The van der Waals surface area contributed by atoms with Gasteiger partial charge in [-0.05, 0) is 12.1 Å². The number of nitrogens with zero attached hydrogens (tertiary/aromatic N) is 5. The first-order valence-electron chi connectivity index (χ1n) is 6.94. The molecule has 1 aromatic carbocycles. The monoisotopic (exact) mass is 300 g/mol. The lowest BCUT2D eigenvalue weighted by atomic mass is 10.2. The van der Waals surface area contributed by atoms with Crippen molar-refractivity contribution in [1.82, 2.24) is 25.0 Å². The average Bonchev–Trinajstić information content (AvgIpc) is 3.09. The molecule has 2 N–H and O–H groups in total. The first-order valence-corrected chi connectivity index (χ1v) is 6.94. The Labute approximate surface area is 126 Å². The van der Waals surface area contributed by atoms with Crippen molar-refractivity contribution in [3.8, 4) is 5.95 Å². The Morgan fingerprint density at radius 1 is 1.18 bits per heavy atom. The maximum Gasteiger partial charge on any atom is 0.254 e. The van der Waals surface area contributed by atoms with Crippen LogP contribution in [0.2, 0.25) is 0 Å². The normalized spacial score (nSPS) is 11.0. The van der Waals surface area contributed by atoms with Gasteiger partial charge < -0.3 is 15.2 Å². The van der Waals surface area contributed by atoms with E-state index in [2.05, 4.69) is 25.6 Å². The molecule has 0 aliphatic carbocycles. The summed E-state index contributed by atoms with van der Waals surface area (Å²) in [5.74, 6) is 1.17. The minimum Gasteiger partial charge on any atom is -0.394 e. The van der Waals surface area contributed by atoms with Crippen LogP contribution in [0.1, 0.15) is 0 Å². The summed E-state index contributed by atoms with van der Waals surface area (Å²) in [6, 6.07) is 7.74. The molecule has 0 fully saturated rings. The van der Waals surface area contributed by atoms with Gasteiger partial charge in [-0.3, -0.25) is 0 Å². The number of rotatable bonds is 7. The fourth-order valence-corrected chi connectivity index (χ4v) is 2.02. The fraction of sp³-hybridized carbons (Fsp3) is 0.286. The summed E-state index contributed by atoms with van der Waals surface area (Å²) in [5, 5.41) is 20.5. The molecule has 0 saturated carbocycles. The van der Waals surface area contributed by atoms with Gasteiger partial charge in [0.25, 0.3) is 5.95 Å². The van der Waals surface area contributed by atoms with Crippen molar-refractivity contribution in [3.63, 3.8) is 0 Å². The number of aliphatic hydroxyl groups is 1. The van der Waals surface area contributed by atoms with Gasteiger partial charge in [-0.25, -0.2) is 4.98 Å². The number of hydrogen-bond donors (Lipinski definition) is 2. The second kappa shape index (κ2) is 6.92.